The predicted octanol–water partition coefficient (Wildman–Crippen LogP) is 17.0. The molecule has 0 aliphatic rings. The minimum Gasteiger partial charge on any atom is -0.462 e. The molecule has 12 heteroatoms. The Morgan fingerprint density at radius 1 is 0.400 bits per heavy atom. The van der Waals surface area contributed by atoms with Crippen LogP contribution in [-0.2, 0) is 42.2 Å². The molecule has 3 unspecified atom stereocenters. The fourth-order valence-electron chi connectivity index (χ4n) is 8.39. The zero-order valence-corrected chi connectivity index (χ0v) is 46.4. The molecule has 3 atom stereocenters. The number of aliphatic hydroxyl groups is 1. The first kappa shape index (κ1) is 68.0. The fraction of sp³-hybridized carbons (Fsp3) is 0.879. The van der Waals surface area contributed by atoms with Crippen molar-refractivity contribution in [2.75, 3.05) is 26.4 Å². The molecule has 0 heterocycles. The van der Waals surface area contributed by atoms with Crippen LogP contribution in [-0.4, -0.2) is 66.5 Å². The molecule has 0 aliphatic carbocycles. The third kappa shape index (κ3) is 50.9. The minimum atomic E-state index is -4.74. The van der Waals surface area contributed by atoms with Crippen LogP contribution in [0.25, 0.3) is 0 Å². The van der Waals surface area contributed by atoms with Gasteiger partial charge in [-0.05, 0) is 51.4 Å². The summed E-state index contributed by atoms with van der Waals surface area (Å²) in [5.74, 6) is -1.45. The number of carbonyl (C=O) groups excluding carboxylic acids is 3. The van der Waals surface area contributed by atoms with E-state index in [0.717, 1.165) is 77.0 Å². The van der Waals surface area contributed by atoms with E-state index in [4.69, 9.17) is 23.3 Å². The topological polar surface area (TPSA) is 155 Å². The van der Waals surface area contributed by atoms with Gasteiger partial charge in [0.15, 0.2) is 6.10 Å². The van der Waals surface area contributed by atoms with Gasteiger partial charge in [0.2, 0.25) is 0 Å². The van der Waals surface area contributed by atoms with Crippen molar-refractivity contribution in [1.29, 1.82) is 0 Å². The number of ether oxygens (including phenoxy) is 3. The van der Waals surface area contributed by atoms with E-state index in [1.807, 2.05) is 0 Å². The molecule has 2 N–H and O–H groups in total. The first-order chi connectivity index (χ1) is 34.2. The molecule has 0 spiro atoms. The van der Waals surface area contributed by atoms with E-state index in [9.17, 15) is 28.9 Å². The van der Waals surface area contributed by atoms with Gasteiger partial charge in [-0.2, -0.15) is 0 Å². The lowest BCUT2D eigenvalue weighted by molar-refractivity contribution is -0.161. The highest BCUT2D eigenvalue weighted by Gasteiger charge is 2.28. The smallest absolute Gasteiger partial charge is 0.462 e. The van der Waals surface area contributed by atoms with Crippen molar-refractivity contribution in [2.45, 2.75) is 303 Å². The zero-order chi connectivity index (χ0) is 51.3. The molecule has 11 nitrogen and oxygen atoms in total. The maximum atomic E-state index is 12.9. The van der Waals surface area contributed by atoms with Crippen molar-refractivity contribution in [2.24, 2.45) is 0 Å². The van der Waals surface area contributed by atoms with Gasteiger partial charge in [-0.15, -0.1) is 0 Å². The van der Waals surface area contributed by atoms with Gasteiger partial charge < -0.3 is 24.2 Å². The molecule has 0 bridgehead atoms. The Balaban J connectivity index is 4.68. The Hall–Kier alpha value is -2.04. The largest absolute Gasteiger partial charge is 0.472 e. The summed E-state index contributed by atoms with van der Waals surface area (Å²) < 4.78 is 39.5. The highest BCUT2D eigenvalue weighted by molar-refractivity contribution is 7.47. The molecule has 0 aromatic rings. The van der Waals surface area contributed by atoms with Crippen molar-refractivity contribution >= 4 is 25.7 Å². The van der Waals surface area contributed by atoms with Crippen LogP contribution in [0.2, 0.25) is 0 Å². The fourth-order valence-corrected chi connectivity index (χ4v) is 9.17. The number of esters is 3. The van der Waals surface area contributed by atoms with Crippen LogP contribution in [0.5, 0.6) is 0 Å². The Morgan fingerprint density at radius 3 is 1.09 bits per heavy atom. The van der Waals surface area contributed by atoms with E-state index in [1.54, 1.807) is 0 Å². The summed E-state index contributed by atoms with van der Waals surface area (Å²) in [6.07, 6.45) is 52.8. The van der Waals surface area contributed by atoms with Crippen LogP contribution < -0.4 is 0 Å². The highest BCUT2D eigenvalue weighted by Crippen LogP contribution is 2.43. The van der Waals surface area contributed by atoms with Crippen LogP contribution in [0, 0.1) is 0 Å². The van der Waals surface area contributed by atoms with Gasteiger partial charge >= 0.3 is 25.7 Å². The Morgan fingerprint density at radius 2 is 0.700 bits per heavy atom. The SMILES string of the molecule is CCCCC/C=C\C/C=C\CCCCCCCCCC(=O)OC(COC(=O)CCCCCCCCCCCCCCCCCCC)COP(=O)(O)OCC(CO)OC(=O)CCCCCCCCCCC. The van der Waals surface area contributed by atoms with Gasteiger partial charge in [0.05, 0.1) is 19.8 Å². The average molecular weight is 1010 g/mol. The molecule has 0 radical (unpaired) electrons. The number of aliphatic hydroxyl groups excluding tert-OH is 1. The molecule has 0 saturated heterocycles. The van der Waals surface area contributed by atoms with Crippen LogP contribution in [0.4, 0.5) is 0 Å². The Kier molecular flexibility index (Phi) is 51.7. The summed E-state index contributed by atoms with van der Waals surface area (Å²) in [4.78, 5) is 48.4. The quantitative estimate of drug-likeness (QED) is 0.0197. The van der Waals surface area contributed by atoms with Crippen LogP contribution >= 0.6 is 7.82 Å². The maximum Gasteiger partial charge on any atom is 0.472 e. The molecule has 412 valence electrons. The molecule has 0 aromatic carbocycles. The standard InChI is InChI=1S/C58H109O11P/c1-4-7-10-13-16-19-21-23-25-27-29-31-33-36-38-41-44-47-56(60)65-51-55(69-58(62)49-46-43-40-37-34-32-30-28-26-24-22-20-17-14-11-8-5-2)53-67-70(63,64)66-52-54(50-59)68-57(61)48-45-42-39-35-18-15-12-9-6-3/h17,20,24,26,54-55,59H,4-16,18-19,21-23,25,27-53H2,1-3H3,(H,63,64)/b20-17-,26-24-. The summed E-state index contributed by atoms with van der Waals surface area (Å²) in [5.41, 5.74) is 0. The summed E-state index contributed by atoms with van der Waals surface area (Å²) in [7, 11) is -4.74. The van der Waals surface area contributed by atoms with E-state index >= 15 is 0 Å². The monoisotopic (exact) mass is 1010 g/mol. The number of allylic oxidation sites excluding steroid dienone is 4. The normalized spacial score (nSPS) is 13.5. The molecular weight excluding hydrogens is 904 g/mol. The molecule has 0 saturated carbocycles. The minimum absolute atomic E-state index is 0.164. The zero-order valence-electron chi connectivity index (χ0n) is 45.5. The number of rotatable bonds is 55. The summed E-state index contributed by atoms with van der Waals surface area (Å²) in [6.45, 7) is 4.63. The molecule has 0 fully saturated rings. The van der Waals surface area contributed by atoms with Crippen molar-refractivity contribution < 1.29 is 52.2 Å². The lowest BCUT2D eigenvalue weighted by atomic mass is 10.0. The molecule has 70 heavy (non-hydrogen) atoms. The molecule has 0 aliphatic heterocycles. The van der Waals surface area contributed by atoms with E-state index < -0.39 is 57.8 Å². The third-order valence-electron chi connectivity index (χ3n) is 12.9. The van der Waals surface area contributed by atoms with Gasteiger partial charge in [-0.3, -0.25) is 23.4 Å². The van der Waals surface area contributed by atoms with E-state index in [0.29, 0.717) is 19.3 Å². The Bertz CT molecular complexity index is 1270. The Labute approximate surface area is 429 Å². The second kappa shape index (κ2) is 53.3. The van der Waals surface area contributed by atoms with Crippen LogP contribution in [0.1, 0.15) is 290 Å². The second-order valence-corrected chi connectivity index (χ2v) is 21.3. The summed E-state index contributed by atoms with van der Waals surface area (Å²) in [5, 5.41) is 9.77. The third-order valence-corrected chi connectivity index (χ3v) is 13.8. The van der Waals surface area contributed by atoms with E-state index in [2.05, 4.69) is 45.1 Å². The lowest BCUT2D eigenvalue weighted by Crippen LogP contribution is -2.30. The maximum absolute atomic E-state index is 12.9. The van der Waals surface area contributed by atoms with E-state index in [-0.39, 0.29) is 25.9 Å². The molecule has 0 amide bonds. The number of phosphoric acid groups is 1. The second-order valence-electron chi connectivity index (χ2n) is 19.8. The van der Waals surface area contributed by atoms with Crippen molar-refractivity contribution in [3.05, 3.63) is 24.3 Å². The number of hydrogen-bond donors (Lipinski definition) is 2. The number of hydrogen-bond acceptors (Lipinski definition) is 10. The van der Waals surface area contributed by atoms with Crippen LogP contribution in [0.15, 0.2) is 24.3 Å². The van der Waals surface area contributed by atoms with Gasteiger partial charge in [0, 0.05) is 19.3 Å². The molecule has 0 aromatic heterocycles. The van der Waals surface area contributed by atoms with Crippen molar-refractivity contribution in [3.63, 3.8) is 0 Å². The first-order valence-electron chi connectivity index (χ1n) is 29.2. The van der Waals surface area contributed by atoms with Gasteiger partial charge in [0.1, 0.15) is 12.7 Å². The number of phosphoric ester groups is 1. The summed E-state index contributed by atoms with van der Waals surface area (Å²) >= 11 is 0. The van der Waals surface area contributed by atoms with Crippen molar-refractivity contribution in [3.8, 4) is 0 Å². The number of unbranched alkanes of at least 4 members (excludes halogenated alkanes) is 34. The first-order valence-corrected chi connectivity index (χ1v) is 30.7. The average Bonchev–Trinajstić information content (AvgIpc) is 3.35. The van der Waals surface area contributed by atoms with Crippen molar-refractivity contribution in [1.82, 2.24) is 0 Å². The summed E-state index contributed by atoms with van der Waals surface area (Å²) in [6, 6.07) is 0. The lowest BCUT2D eigenvalue weighted by Gasteiger charge is -2.21. The highest BCUT2D eigenvalue weighted by atomic mass is 31.2. The van der Waals surface area contributed by atoms with Crippen LogP contribution in [0.3, 0.4) is 0 Å². The van der Waals surface area contributed by atoms with Gasteiger partial charge in [-0.25, -0.2) is 4.57 Å². The predicted molar refractivity (Wildman–Crippen MR) is 289 cm³/mol. The van der Waals surface area contributed by atoms with Gasteiger partial charge in [-0.1, -0.05) is 244 Å². The van der Waals surface area contributed by atoms with Gasteiger partial charge in [0.25, 0.3) is 0 Å². The number of carbonyl (C=O) groups is 3. The van der Waals surface area contributed by atoms with E-state index in [1.165, 1.54) is 154 Å². The molecular formula is C58H109O11P. The molecule has 0 rings (SSSR count).